The summed E-state index contributed by atoms with van der Waals surface area (Å²) in [5.41, 5.74) is 0.994. The molecule has 25 heavy (non-hydrogen) atoms. The van der Waals surface area contributed by atoms with Crippen LogP contribution in [-0.2, 0) is 0 Å². The lowest BCUT2D eigenvalue weighted by Crippen LogP contribution is -1.98. The summed E-state index contributed by atoms with van der Waals surface area (Å²) >= 11 is 0. The lowest BCUT2D eigenvalue weighted by Gasteiger charge is -2.05. The van der Waals surface area contributed by atoms with Crippen molar-refractivity contribution in [2.24, 2.45) is 0 Å². The largest absolute Gasteiger partial charge is 0.507 e. The van der Waals surface area contributed by atoms with Crippen molar-refractivity contribution in [1.82, 2.24) is 0 Å². The number of allylic oxidation sites excluding steroid dienone is 1. The second-order valence-electron chi connectivity index (χ2n) is 5.14. The number of benzene rings is 2. The number of hydrogen-bond acceptors (Lipinski definition) is 4. The van der Waals surface area contributed by atoms with E-state index in [0.717, 1.165) is 0 Å². The van der Waals surface area contributed by atoms with E-state index in [4.69, 9.17) is 9.47 Å². The average molecular weight is 336 g/mol. The van der Waals surface area contributed by atoms with Crippen molar-refractivity contribution in [2.75, 3.05) is 13.2 Å². The van der Waals surface area contributed by atoms with Gasteiger partial charge in [-0.25, -0.2) is 0 Å². The van der Waals surface area contributed by atoms with Gasteiger partial charge in [0.1, 0.15) is 30.5 Å². The van der Waals surface area contributed by atoms with Crippen LogP contribution in [-0.4, -0.2) is 24.1 Å². The van der Waals surface area contributed by atoms with E-state index in [1.54, 1.807) is 60.7 Å². The van der Waals surface area contributed by atoms with Gasteiger partial charge in [-0.3, -0.25) is 4.79 Å². The minimum Gasteiger partial charge on any atom is -0.507 e. The number of carbonyl (C=O) groups excluding carboxylic acids is 1. The Morgan fingerprint density at radius 1 is 0.840 bits per heavy atom. The molecule has 0 bridgehead atoms. The summed E-state index contributed by atoms with van der Waals surface area (Å²) in [4.78, 5) is 12.2. The van der Waals surface area contributed by atoms with Gasteiger partial charge in [-0.05, 0) is 48.5 Å². The van der Waals surface area contributed by atoms with Gasteiger partial charge in [-0.1, -0.05) is 25.3 Å². The van der Waals surface area contributed by atoms with Gasteiger partial charge >= 0.3 is 0 Å². The number of ketones is 1. The van der Waals surface area contributed by atoms with Gasteiger partial charge in [-0.2, -0.15) is 0 Å². The summed E-state index contributed by atoms with van der Waals surface area (Å²) in [5.74, 6) is 0.921. The summed E-state index contributed by atoms with van der Waals surface area (Å²) in [6.07, 6.45) is 4.49. The molecule has 0 aliphatic rings. The molecule has 0 atom stereocenters. The van der Waals surface area contributed by atoms with Crippen LogP contribution < -0.4 is 9.47 Å². The van der Waals surface area contributed by atoms with Crippen molar-refractivity contribution in [1.29, 1.82) is 0 Å². The molecule has 0 aliphatic heterocycles. The summed E-state index contributed by atoms with van der Waals surface area (Å²) in [7, 11) is 0. The Hall–Kier alpha value is -3.27. The first-order valence-corrected chi connectivity index (χ1v) is 7.77. The number of aliphatic hydroxyl groups excluding tert-OH is 1. The molecule has 4 heteroatoms. The van der Waals surface area contributed by atoms with E-state index in [2.05, 4.69) is 13.2 Å². The van der Waals surface area contributed by atoms with Gasteiger partial charge in [0.25, 0.3) is 0 Å². The molecule has 2 aromatic rings. The first-order valence-electron chi connectivity index (χ1n) is 7.77. The van der Waals surface area contributed by atoms with Gasteiger partial charge in [-0.15, -0.1) is 0 Å². The fraction of sp³-hybridized carbons (Fsp3) is 0.0952. The van der Waals surface area contributed by atoms with Crippen molar-refractivity contribution < 1.29 is 19.4 Å². The quantitative estimate of drug-likeness (QED) is 0.315. The van der Waals surface area contributed by atoms with E-state index in [0.29, 0.717) is 35.8 Å². The summed E-state index contributed by atoms with van der Waals surface area (Å²) in [6, 6.07) is 13.5. The normalized spacial score (nSPS) is 10.8. The molecule has 1 N–H and O–H groups in total. The average Bonchev–Trinajstić information content (AvgIpc) is 2.65. The molecular weight excluding hydrogens is 316 g/mol. The summed E-state index contributed by atoms with van der Waals surface area (Å²) in [5, 5.41) is 10.1. The molecule has 0 heterocycles. The van der Waals surface area contributed by atoms with Crippen molar-refractivity contribution in [3.63, 3.8) is 0 Å². The monoisotopic (exact) mass is 336 g/mol. The molecule has 2 aromatic carbocycles. The highest BCUT2D eigenvalue weighted by Crippen LogP contribution is 2.19. The van der Waals surface area contributed by atoms with Crippen LogP contribution >= 0.6 is 0 Å². The van der Waals surface area contributed by atoms with Crippen LogP contribution in [0.15, 0.2) is 79.9 Å². The Morgan fingerprint density at radius 3 is 1.72 bits per heavy atom. The molecule has 0 spiro atoms. The first-order chi connectivity index (χ1) is 12.1. The summed E-state index contributed by atoms with van der Waals surface area (Å²) < 4.78 is 10.7. The minimum atomic E-state index is -0.292. The topological polar surface area (TPSA) is 55.8 Å². The third-order valence-electron chi connectivity index (χ3n) is 3.29. The Balaban J connectivity index is 2.06. The van der Waals surface area contributed by atoms with E-state index >= 15 is 0 Å². The first kappa shape index (κ1) is 18.1. The maximum Gasteiger partial charge on any atom is 0.189 e. The maximum atomic E-state index is 12.2. The van der Waals surface area contributed by atoms with Crippen LogP contribution in [0.4, 0.5) is 0 Å². The van der Waals surface area contributed by atoms with Crippen LogP contribution in [0.2, 0.25) is 0 Å². The second kappa shape index (κ2) is 9.13. The molecule has 128 valence electrons. The maximum absolute atomic E-state index is 12.2. The van der Waals surface area contributed by atoms with Crippen molar-refractivity contribution in [3.8, 4) is 11.5 Å². The van der Waals surface area contributed by atoms with E-state index in [9.17, 15) is 9.90 Å². The molecular formula is C21H20O4. The third-order valence-corrected chi connectivity index (χ3v) is 3.29. The molecule has 0 aromatic heterocycles. The number of aliphatic hydroxyl groups is 1. The van der Waals surface area contributed by atoms with Crippen molar-refractivity contribution >= 4 is 11.5 Å². The molecule has 0 fully saturated rings. The van der Waals surface area contributed by atoms with Crippen LogP contribution in [0.25, 0.3) is 5.76 Å². The number of carbonyl (C=O) groups is 1. The van der Waals surface area contributed by atoms with E-state index < -0.39 is 0 Å². The number of ether oxygens (including phenoxy) is 2. The standard InChI is InChI=1S/C21H20O4/c1-3-13-24-18-9-5-16(6-10-18)20(22)15-21(23)17-7-11-19(12-8-17)25-14-4-2/h3-12,15,22H,1-2,13-14H2/b20-15-. The highest BCUT2D eigenvalue weighted by molar-refractivity contribution is 6.07. The fourth-order valence-electron chi connectivity index (χ4n) is 2.04. The van der Waals surface area contributed by atoms with Gasteiger partial charge < -0.3 is 14.6 Å². The SMILES string of the molecule is C=CCOc1ccc(C(=O)/C=C(\O)c2ccc(OCC=C)cc2)cc1. The highest BCUT2D eigenvalue weighted by Gasteiger charge is 2.07. The number of rotatable bonds is 9. The zero-order valence-corrected chi connectivity index (χ0v) is 13.9. The molecule has 0 aliphatic carbocycles. The number of hydrogen-bond donors (Lipinski definition) is 1. The molecule has 4 nitrogen and oxygen atoms in total. The zero-order chi connectivity index (χ0) is 18.1. The summed E-state index contributed by atoms with van der Waals surface area (Å²) in [6.45, 7) is 7.97. The highest BCUT2D eigenvalue weighted by atomic mass is 16.5. The molecule has 2 rings (SSSR count). The third kappa shape index (κ3) is 5.39. The van der Waals surface area contributed by atoms with Crippen LogP contribution in [0, 0.1) is 0 Å². The van der Waals surface area contributed by atoms with Gasteiger partial charge in [0.2, 0.25) is 0 Å². The Morgan fingerprint density at radius 2 is 1.28 bits per heavy atom. The fourth-order valence-corrected chi connectivity index (χ4v) is 2.04. The predicted molar refractivity (Wildman–Crippen MR) is 99.2 cm³/mol. The zero-order valence-electron chi connectivity index (χ0n) is 13.9. The Labute approximate surface area is 147 Å². The Kier molecular flexibility index (Phi) is 6.60. The van der Waals surface area contributed by atoms with E-state index in [-0.39, 0.29) is 11.5 Å². The smallest absolute Gasteiger partial charge is 0.189 e. The van der Waals surface area contributed by atoms with Crippen LogP contribution in [0.1, 0.15) is 15.9 Å². The predicted octanol–water partition coefficient (Wildman–Crippen LogP) is 4.60. The van der Waals surface area contributed by atoms with Crippen molar-refractivity contribution in [3.05, 3.63) is 91.0 Å². The lowest BCUT2D eigenvalue weighted by atomic mass is 10.1. The van der Waals surface area contributed by atoms with Gasteiger partial charge in [0.15, 0.2) is 5.78 Å². The Bertz CT molecular complexity index is 755. The van der Waals surface area contributed by atoms with E-state index in [1.165, 1.54) is 6.08 Å². The molecule has 0 saturated carbocycles. The second-order valence-corrected chi connectivity index (χ2v) is 5.14. The minimum absolute atomic E-state index is 0.104. The van der Waals surface area contributed by atoms with Gasteiger partial charge in [0.05, 0.1) is 0 Å². The van der Waals surface area contributed by atoms with Gasteiger partial charge in [0, 0.05) is 17.2 Å². The molecule has 0 unspecified atom stereocenters. The molecule has 0 amide bonds. The molecule has 0 saturated heterocycles. The van der Waals surface area contributed by atoms with E-state index in [1.807, 2.05) is 0 Å². The molecule has 0 radical (unpaired) electrons. The van der Waals surface area contributed by atoms with Crippen LogP contribution in [0.5, 0.6) is 11.5 Å². The van der Waals surface area contributed by atoms with Crippen LogP contribution in [0.3, 0.4) is 0 Å². The lowest BCUT2D eigenvalue weighted by molar-refractivity contribution is 0.104. The van der Waals surface area contributed by atoms with Crippen molar-refractivity contribution in [2.45, 2.75) is 0 Å².